The molecule has 20 heavy (non-hydrogen) atoms. The molecule has 2 atom stereocenters. The standard InChI is InChI=1S/C17H26O3/c1-3-4-5-13(2)6-8-16(19)14-7-9-17(20)15(12-14)10-11-18/h7,9,11-13,16,19-20H,3-6,8,10H2,1-2H3/t13-,16-/m0/s1. The van der Waals surface area contributed by atoms with Gasteiger partial charge in [0.25, 0.3) is 0 Å². The van der Waals surface area contributed by atoms with Crippen LogP contribution < -0.4 is 0 Å². The topological polar surface area (TPSA) is 57.5 Å². The fraction of sp³-hybridized carbons (Fsp3) is 0.588. The molecule has 1 aromatic carbocycles. The van der Waals surface area contributed by atoms with Crippen molar-refractivity contribution in [2.45, 2.75) is 58.5 Å². The Hall–Kier alpha value is -1.35. The average Bonchev–Trinajstić information content (AvgIpc) is 2.45. The van der Waals surface area contributed by atoms with Crippen molar-refractivity contribution in [2.24, 2.45) is 5.92 Å². The first-order valence-corrected chi connectivity index (χ1v) is 7.52. The van der Waals surface area contributed by atoms with E-state index in [1.54, 1.807) is 18.2 Å². The SMILES string of the molecule is CCCC[C@H](C)CC[C@H](O)c1ccc(O)c(CC=O)c1. The van der Waals surface area contributed by atoms with Gasteiger partial charge in [-0.2, -0.15) is 0 Å². The van der Waals surface area contributed by atoms with E-state index in [1.165, 1.54) is 19.3 Å². The Labute approximate surface area is 121 Å². The smallest absolute Gasteiger partial charge is 0.124 e. The van der Waals surface area contributed by atoms with Gasteiger partial charge in [0.1, 0.15) is 12.0 Å². The maximum Gasteiger partial charge on any atom is 0.124 e. The Kier molecular flexibility index (Phi) is 7.31. The lowest BCUT2D eigenvalue weighted by Gasteiger charge is -2.16. The van der Waals surface area contributed by atoms with Gasteiger partial charge < -0.3 is 15.0 Å². The minimum Gasteiger partial charge on any atom is -0.508 e. The number of unbranched alkanes of at least 4 members (excludes halogenated alkanes) is 1. The Morgan fingerprint density at radius 2 is 2.00 bits per heavy atom. The van der Waals surface area contributed by atoms with Gasteiger partial charge in [-0.15, -0.1) is 0 Å². The third kappa shape index (κ3) is 5.33. The number of phenols is 1. The minimum absolute atomic E-state index is 0.115. The number of aliphatic hydroxyl groups excluding tert-OH is 1. The molecule has 0 aliphatic rings. The molecule has 2 N–H and O–H groups in total. The van der Waals surface area contributed by atoms with Crippen LogP contribution in [0.4, 0.5) is 0 Å². The Morgan fingerprint density at radius 1 is 1.25 bits per heavy atom. The summed E-state index contributed by atoms with van der Waals surface area (Å²) in [6.45, 7) is 4.41. The molecule has 0 saturated carbocycles. The molecule has 0 radical (unpaired) electrons. The molecule has 0 unspecified atom stereocenters. The molecule has 0 bridgehead atoms. The molecular weight excluding hydrogens is 252 g/mol. The predicted octanol–water partition coefficient (Wildman–Crippen LogP) is 3.77. The first kappa shape index (κ1) is 16.7. The summed E-state index contributed by atoms with van der Waals surface area (Å²) in [7, 11) is 0. The molecule has 0 spiro atoms. The van der Waals surface area contributed by atoms with E-state index in [0.29, 0.717) is 11.5 Å². The van der Waals surface area contributed by atoms with Gasteiger partial charge in [0, 0.05) is 12.0 Å². The van der Waals surface area contributed by atoms with E-state index in [2.05, 4.69) is 13.8 Å². The number of aliphatic hydroxyl groups is 1. The van der Waals surface area contributed by atoms with Crippen molar-refractivity contribution in [3.8, 4) is 5.75 Å². The average molecular weight is 278 g/mol. The van der Waals surface area contributed by atoms with Crippen LogP contribution in [0.3, 0.4) is 0 Å². The van der Waals surface area contributed by atoms with Gasteiger partial charge in [-0.3, -0.25) is 0 Å². The number of rotatable bonds is 9. The highest BCUT2D eigenvalue weighted by atomic mass is 16.3. The zero-order chi connectivity index (χ0) is 15.0. The van der Waals surface area contributed by atoms with Gasteiger partial charge >= 0.3 is 0 Å². The molecule has 0 saturated heterocycles. The molecule has 0 aliphatic carbocycles. The van der Waals surface area contributed by atoms with E-state index in [-0.39, 0.29) is 12.2 Å². The van der Waals surface area contributed by atoms with Crippen molar-refractivity contribution in [2.75, 3.05) is 0 Å². The van der Waals surface area contributed by atoms with Crippen LogP contribution in [-0.4, -0.2) is 16.5 Å². The molecule has 3 nitrogen and oxygen atoms in total. The number of hydrogen-bond donors (Lipinski definition) is 2. The molecule has 0 fully saturated rings. The van der Waals surface area contributed by atoms with Crippen LogP contribution in [0.25, 0.3) is 0 Å². The van der Waals surface area contributed by atoms with Crippen LogP contribution >= 0.6 is 0 Å². The van der Waals surface area contributed by atoms with Crippen molar-refractivity contribution in [1.29, 1.82) is 0 Å². The van der Waals surface area contributed by atoms with Crippen molar-refractivity contribution >= 4 is 6.29 Å². The largest absolute Gasteiger partial charge is 0.508 e. The number of carbonyl (C=O) groups is 1. The molecule has 1 aromatic rings. The Bertz CT molecular complexity index is 415. The van der Waals surface area contributed by atoms with Crippen molar-refractivity contribution in [1.82, 2.24) is 0 Å². The fourth-order valence-corrected chi connectivity index (χ4v) is 2.37. The number of aromatic hydroxyl groups is 1. The summed E-state index contributed by atoms with van der Waals surface area (Å²) in [5.74, 6) is 0.737. The summed E-state index contributed by atoms with van der Waals surface area (Å²) in [4.78, 5) is 10.5. The van der Waals surface area contributed by atoms with E-state index in [0.717, 1.165) is 24.7 Å². The summed E-state index contributed by atoms with van der Waals surface area (Å²) in [6.07, 6.45) is 5.78. The first-order chi connectivity index (χ1) is 9.58. The number of hydrogen-bond acceptors (Lipinski definition) is 3. The molecule has 3 heteroatoms. The van der Waals surface area contributed by atoms with E-state index in [1.807, 2.05) is 0 Å². The lowest BCUT2D eigenvalue weighted by atomic mass is 9.94. The zero-order valence-electron chi connectivity index (χ0n) is 12.5. The van der Waals surface area contributed by atoms with Gasteiger partial charge in [0.15, 0.2) is 0 Å². The summed E-state index contributed by atoms with van der Waals surface area (Å²) in [6, 6.07) is 5.01. The van der Waals surface area contributed by atoms with E-state index in [4.69, 9.17) is 0 Å². The molecule has 0 aliphatic heterocycles. The van der Waals surface area contributed by atoms with Crippen LogP contribution in [0.1, 0.15) is 63.2 Å². The van der Waals surface area contributed by atoms with Gasteiger partial charge in [0.2, 0.25) is 0 Å². The zero-order valence-corrected chi connectivity index (χ0v) is 12.5. The normalized spacial score (nSPS) is 13.9. The second kappa shape index (κ2) is 8.75. The third-order valence-corrected chi connectivity index (χ3v) is 3.77. The third-order valence-electron chi connectivity index (χ3n) is 3.77. The quantitative estimate of drug-likeness (QED) is 0.676. The number of phenolic OH excluding ortho intramolecular Hbond substituents is 1. The Balaban J connectivity index is 2.56. The van der Waals surface area contributed by atoms with Crippen LogP contribution in [0.15, 0.2) is 18.2 Å². The van der Waals surface area contributed by atoms with Crippen LogP contribution in [0.2, 0.25) is 0 Å². The van der Waals surface area contributed by atoms with Gasteiger partial charge in [-0.1, -0.05) is 39.2 Å². The summed E-state index contributed by atoms with van der Waals surface area (Å²) >= 11 is 0. The minimum atomic E-state index is -0.523. The second-order valence-electron chi connectivity index (χ2n) is 5.60. The predicted molar refractivity (Wildman–Crippen MR) is 80.8 cm³/mol. The van der Waals surface area contributed by atoms with Crippen LogP contribution in [-0.2, 0) is 11.2 Å². The molecule has 0 aromatic heterocycles. The van der Waals surface area contributed by atoms with Crippen molar-refractivity contribution < 1.29 is 15.0 Å². The second-order valence-corrected chi connectivity index (χ2v) is 5.60. The van der Waals surface area contributed by atoms with Crippen molar-refractivity contribution in [3.63, 3.8) is 0 Å². The molecular formula is C17H26O3. The molecule has 1 rings (SSSR count). The van der Waals surface area contributed by atoms with Gasteiger partial charge in [0.05, 0.1) is 6.10 Å². The van der Waals surface area contributed by atoms with Gasteiger partial charge in [-0.25, -0.2) is 0 Å². The lowest BCUT2D eigenvalue weighted by Crippen LogP contribution is -2.03. The van der Waals surface area contributed by atoms with Crippen molar-refractivity contribution in [3.05, 3.63) is 29.3 Å². The maximum atomic E-state index is 10.5. The number of carbonyl (C=O) groups excluding carboxylic acids is 1. The number of benzene rings is 1. The number of aldehydes is 1. The lowest BCUT2D eigenvalue weighted by molar-refractivity contribution is -0.107. The van der Waals surface area contributed by atoms with E-state index >= 15 is 0 Å². The summed E-state index contributed by atoms with van der Waals surface area (Å²) in [5.41, 5.74) is 1.36. The maximum absolute atomic E-state index is 10.5. The van der Waals surface area contributed by atoms with E-state index < -0.39 is 6.10 Å². The van der Waals surface area contributed by atoms with Crippen LogP contribution in [0, 0.1) is 5.92 Å². The summed E-state index contributed by atoms with van der Waals surface area (Å²) in [5, 5.41) is 19.8. The monoisotopic (exact) mass is 278 g/mol. The van der Waals surface area contributed by atoms with Crippen LogP contribution in [0.5, 0.6) is 5.75 Å². The molecule has 112 valence electrons. The molecule has 0 heterocycles. The van der Waals surface area contributed by atoms with Gasteiger partial charge in [-0.05, 0) is 36.5 Å². The first-order valence-electron chi connectivity index (χ1n) is 7.52. The summed E-state index contributed by atoms with van der Waals surface area (Å²) < 4.78 is 0. The highest BCUT2D eigenvalue weighted by molar-refractivity contribution is 5.57. The fourth-order valence-electron chi connectivity index (χ4n) is 2.37. The highest BCUT2D eigenvalue weighted by Gasteiger charge is 2.12. The van der Waals surface area contributed by atoms with E-state index in [9.17, 15) is 15.0 Å². The molecule has 0 amide bonds. The Morgan fingerprint density at radius 3 is 2.65 bits per heavy atom. The highest BCUT2D eigenvalue weighted by Crippen LogP contribution is 2.27.